The minimum Gasteiger partial charge on any atom is -0.366 e. The van der Waals surface area contributed by atoms with Gasteiger partial charge >= 0.3 is 6.18 Å². The first kappa shape index (κ1) is 12.4. The number of alkyl halides is 3. The van der Waals surface area contributed by atoms with Gasteiger partial charge in [-0.05, 0) is 25.1 Å². The van der Waals surface area contributed by atoms with E-state index in [0.717, 1.165) is 12.1 Å². The molecule has 1 aromatic rings. The van der Waals surface area contributed by atoms with Crippen LogP contribution in [-0.4, -0.2) is 18.4 Å². The highest BCUT2D eigenvalue weighted by Gasteiger charge is 2.31. The molecule has 0 radical (unpaired) electrons. The van der Waals surface area contributed by atoms with E-state index < -0.39 is 11.7 Å². The molecule has 1 unspecified atom stereocenters. The Bertz CT molecular complexity index is 468. The van der Waals surface area contributed by atoms with Gasteiger partial charge in [-0.15, -0.1) is 0 Å². The highest BCUT2D eigenvalue weighted by Crippen LogP contribution is 2.32. The topological polar surface area (TPSA) is 24.4 Å². The van der Waals surface area contributed by atoms with Crippen molar-refractivity contribution >= 4 is 21.8 Å². The maximum Gasteiger partial charge on any atom is 0.416 e. The molecule has 0 fully saturated rings. The predicted molar refractivity (Wildman–Crippen MR) is 63.1 cm³/mol. The molecule has 6 heteroatoms. The Labute approximate surface area is 105 Å². The lowest BCUT2D eigenvalue weighted by molar-refractivity contribution is -0.137. The lowest BCUT2D eigenvalue weighted by Crippen LogP contribution is -2.28. The minimum atomic E-state index is -4.32. The maximum atomic E-state index is 12.5. The van der Waals surface area contributed by atoms with Crippen LogP contribution in [0.3, 0.4) is 0 Å². The summed E-state index contributed by atoms with van der Waals surface area (Å²) in [6.45, 7) is 2.61. The van der Waals surface area contributed by atoms with E-state index in [1.807, 2.05) is 6.92 Å². The number of nitrogens with one attached hydrogen (secondary N) is 1. The molecular weight excluding hydrogens is 297 g/mol. The van der Waals surface area contributed by atoms with E-state index in [9.17, 15) is 13.2 Å². The molecule has 92 valence electrons. The number of nitrogens with zero attached hydrogens (tertiary/aromatic N) is 1. The average molecular weight is 307 g/mol. The zero-order valence-corrected chi connectivity index (χ0v) is 10.6. The fraction of sp³-hybridized carbons (Fsp3) is 0.364. The van der Waals surface area contributed by atoms with Crippen LogP contribution in [0.5, 0.6) is 0 Å². The van der Waals surface area contributed by atoms with Crippen molar-refractivity contribution in [2.75, 3.05) is 6.54 Å². The third-order valence-electron chi connectivity index (χ3n) is 2.46. The molecule has 0 bridgehead atoms. The van der Waals surface area contributed by atoms with Gasteiger partial charge in [0.15, 0.2) is 0 Å². The lowest BCUT2D eigenvalue weighted by Gasteiger charge is -2.11. The van der Waals surface area contributed by atoms with Gasteiger partial charge in [0.2, 0.25) is 0 Å². The van der Waals surface area contributed by atoms with E-state index in [1.54, 1.807) is 0 Å². The molecule has 2 rings (SSSR count). The molecule has 0 saturated heterocycles. The Morgan fingerprint density at radius 3 is 2.59 bits per heavy atom. The fourth-order valence-corrected chi connectivity index (χ4v) is 2.17. The van der Waals surface area contributed by atoms with Gasteiger partial charge in [0, 0.05) is 16.1 Å². The van der Waals surface area contributed by atoms with Crippen LogP contribution in [-0.2, 0) is 6.18 Å². The molecule has 0 aromatic heterocycles. The van der Waals surface area contributed by atoms with E-state index >= 15 is 0 Å². The zero-order chi connectivity index (χ0) is 12.6. The van der Waals surface area contributed by atoms with Crippen LogP contribution >= 0.6 is 15.9 Å². The van der Waals surface area contributed by atoms with Crippen LogP contribution in [0.1, 0.15) is 18.1 Å². The second-order valence-corrected chi connectivity index (χ2v) is 4.78. The van der Waals surface area contributed by atoms with Gasteiger partial charge in [0.05, 0.1) is 12.1 Å². The summed E-state index contributed by atoms with van der Waals surface area (Å²) in [6, 6.07) is 3.78. The van der Waals surface area contributed by atoms with Crippen LogP contribution in [0.15, 0.2) is 27.7 Å². The third kappa shape index (κ3) is 2.62. The fourth-order valence-electron chi connectivity index (χ4n) is 1.60. The van der Waals surface area contributed by atoms with Crippen molar-refractivity contribution < 1.29 is 13.2 Å². The van der Waals surface area contributed by atoms with Crippen molar-refractivity contribution in [1.82, 2.24) is 5.32 Å². The molecule has 1 aromatic carbocycles. The zero-order valence-electron chi connectivity index (χ0n) is 8.98. The average Bonchev–Trinajstić information content (AvgIpc) is 2.63. The summed E-state index contributed by atoms with van der Waals surface area (Å²) in [5.41, 5.74) is -0.0119. The molecule has 0 amide bonds. The van der Waals surface area contributed by atoms with E-state index in [2.05, 4.69) is 26.2 Å². The number of hydrogen-bond donors (Lipinski definition) is 1. The third-order valence-corrected chi connectivity index (χ3v) is 3.11. The molecule has 0 aliphatic carbocycles. The molecule has 1 N–H and O–H groups in total. The monoisotopic (exact) mass is 306 g/mol. The Balaban J connectivity index is 2.33. The minimum absolute atomic E-state index is 0.221. The van der Waals surface area contributed by atoms with Crippen molar-refractivity contribution in [3.8, 4) is 0 Å². The van der Waals surface area contributed by atoms with E-state index in [-0.39, 0.29) is 6.04 Å². The van der Waals surface area contributed by atoms with Crippen LogP contribution in [0.4, 0.5) is 13.2 Å². The maximum absolute atomic E-state index is 12.5. The molecule has 1 aliphatic rings. The van der Waals surface area contributed by atoms with Crippen molar-refractivity contribution in [3.63, 3.8) is 0 Å². The van der Waals surface area contributed by atoms with E-state index in [4.69, 9.17) is 0 Å². The Kier molecular flexibility index (Phi) is 3.16. The van der Waals surface area contributed by atoms with Crippen molar-refractivity contribution in [3.05, 3.63) is 33.8 Å². The van der Waals surface area contributed by atoms with Crippen LogP contribution in [0, 0.1) is 0 Å². The van der Waals surface area contributed by atoms with Crippen molar-refractivity contribution in [1.29, 1.82) is 0 Å². The quantitative estimate of drug-likeness (QED) is 0.846. The first-order valence-corrected chi connectivity index (χ1v) is 5.85. The SMILES string of the molecule is CC1CN=C(c2ccc(C(F)(F)F)cc2Br)N1. The normalized spacial score (nSPS) is 20.1. The smallest absolute Gasteiger partial charge is 0.366 e. The van der Waals surface area contributed by atoms with Crippen LogP contribution < -0.4 is 5.32 Å². The summed E-state index contributed by atoms with van der Waals surface area (Å²) < 4.78 is 37.8. The number of halogens is 4. The number of rotatable bonds is 1. The summed E-state index contributed by atoms with van der Waals surface area (Å²) in [4.78, 5) is 4.23. The second kappa shape index (κ2) is 4.33. The molecule has 0 saturated carbocycles. The summed E-state index contributed by atoms with van der Waals surface area (Å²) in [5, 5.41) is 3.11. The van der Waals surface area contributed by atoms with Gasteiger partial charge < -0.3 is 5.32 Å². The molecule has 1 aliphatic heterocycles. The molecule has 1 atom stereocenters. The van der Waals surface area contributed by atoms with E-state index in [1.165, 1.54) is 6.07 Å². The summed E-state index contributed by atoms with van der Waals surface area (Å²) in [5.74, 6) is 0.637. The van der Waals surface area contributed by atoms with Crippen LogP contribution in [0.25, 0.3) is 0 Å². The molecule has 17 heavy (non-hydrogen) atoms. The first-order chi connectivity index (χ1) is 7.88. The van der Waals surface area contributed by atoms with Gasteiger partial charge in [-0.2, -0.15) is 13.2 Å². The Hall–Kier alpha value is -1.04. The number of amidine groups is 1. The number of hydrogen-bond acceptors (Lipinski definition) is 2. The standard InChI is InChI=1S/C11H10BrF3N2/c1-6-5-16-10(17-6)8-3-2-7(4-9(8)12)11(13,14)15/h2-4,6H,5H2,1H3,(H,16,17). The summed E-state index contributed by atoms with van der Waals surface area (Å²) in [6.07, 6.45) is -4.32. The number of aliphatic imine (C=N–C) groups is 1. The van der Waals surface area contributed by atoms with Gasteiger partial charge in [-0.3, -0.25) is 4.99 Å². The molecular formula is C11H10BrF3N2. The van der Waals surface area contributed by atoms with Crippen LogP contribution in [0.2, 0.25) is 0 Å². The predicted octanol–water partition coefficient (Wildman–Crippen LogP) is 3.21. The van der Waals surface area contributed by atoms with Crippen molar-refractivity contribution in [2.45, 2.75) is 19.1 Å². The summed E-state index contributed by atoms with van der Waals surface area (Å²) >= 11 is 3.15. The van der Waals surface area contributed by atoms with E-state index in [0.29, 0.717) is 22.4 Å². The Morgan fingerprint density at radius 2 is 2.12 bits per heavy atom. The first-order valence-electron chi connectivity index (χ1n) is 5.06. The summed E-state index contributed by atoms with van der Waals surface area (Å²) in [7, 11) is 0. The van der Waals surface area contributed by atoms with Crippen molar-refractivity contribution in [2.24, 2.45) is 4.99 Å². The second-order valence-electron chi connectivity index (χ2n) is 3.93. The highest BCUT2D eigenvalue weighted by atomic mass is 79.9. The van der Waals surface area contributed by atoms with Gasteiger partial charge in [-0.1, -0.05) is 15.9 Å². The number of benzene rings is 1. The molecule has 1 heterocycles. The Morgan fingerprint density at radius 1 is 1.41 bits per heavy atom. The molecule has 2 nitrogen and oxygen atoms in total. The lowest BCUT2D eigenvalue weighted by atomic mass is 10.1. The van der Waals surface area contributed by atoms with Gasteiger partial charge in [0.1, 0.15) is 5.84 Å². The molecule has 0 spiro atoms. The van der Waals surface area contributed by atoms with Gasteiger partial charge in [0.25, 0.3) is 0 Å². The highest BCUT2D eigenvalue weighted by molar-refractivity contribution is 9.10. The van der Waals surface area contributed by atoms with Gasteiger partial charge in [-0.25, -0.2) is 0 Å². The largest absolute Gasteiger partial charge is 0.416 e.